The molecule has 0 aromatic heterocycles. The lowest BCUT2D eigenvalue weighted by atomic mass is 11.0. The van der Waals surface area contributed by atoms with E-state index >= 15 is 0 Å². The van der Waals surface area contributed by atoms with E-state index in [9.17, 15) is 0 Å². The lowest BCUT2D eigenvalue weighted by molar-refractivity contribution is -0.0838. The van der Waals surface area contributed by atoms with Crippen molar-refractivity contribution in [1.29, 1.82) is 0 Å². The first-order valence-electron chi connectivity index (χ1n) is 4.36. The zero-order valence-corrected chi connectivity index (χ0v) is 10.2. The Balaban J connectivity index is 4.26. The molecule has 0 radical (unpaired) electrons. The molecule has 4 nitrogen and oxygen atoms in total. The van der Waals surface area contributed by atoms with Crippen LogP contribution in [-0.2, 0) is 18.9 Å². The van der Waals surface area contributed by atoms with E-state index in [1.54, 1.807) is 28.4 Å². The van der Waals surface area contributed by atoms with Crippen LogP contribution in [0.1, 0.15) is 6.92 Å². The van der Waals surface area contributed by atoms with Gasteiger partial charge in [-0.15, -0.1) is 0 Å². The summed E-state index contributed by atoms with van der Waals surface area (Å²) in [6, 6.07) is 1.01. The Morgan fingerprint density at radius 1 is 0.846 bits per heavy atom. The third-order valence-corrected chi connectivity index (χ3v) is 5.53. The molecule has 80 valence electrons. The van der Waals surface area contributed by atoms with Crippen molar-refractivity contribution in [3.05, 3.63) is 0 Å². The van der Waals surface area contributed by atoms with Gasteiger partial charge in [-0.2, -0.15) is 0 Å². The predicted octanol–water partition coefficient (Wildman–Crippen LogP) is 0.550. The summed E-state index contributed by atoms with van der Waals surface area (Å²) in [5.41, 5.74) is 0. The molecule has 0 bridgehead atoms. The van der Waals surface area contributed by atoms with Crippen molar-refractivity contribution in [2.24, 2.45) is 0 Å². The van der Waals surface area contributed by atoms with Gasteiger partial charge in [-0.3, -0.25) is 0 Å². The topological polar surface area (TPSA) is 36.9 Å². The van der Waals surface area contributed by atoms with Crippen molar-refractivity contribution in [2.75, 3.05) is 28.4 Å². The monoisotopic (exact) mass is 208 g/mol. The average molecular weight is 208 g/mol. The molecule has 0 aliphatic carbocycles. The van der Waals surface area contributed by atoms with Gasteiger partial charge in [-0.05, 0) is 0 Å². The standard InChI is InChI=1S/C8H20O4Si/c1-6-13(7(9-2)10-3)8(11-4)12-5/h7-8,13H,6H2,1-5H3. The highest BCUT2D eigenvalue weighted by atomic mass is 28.3. The van der Waals surface area contributed by atoms with Crippen LogP contribution in [0.4, 0.5) is 0 Å². The first-order chi connectivity index (χ1) is 6.24. The second-order valence-electron chi connectivity index (χ2n) is 2.75. The van der Waals surface area contributed by atoms with Crippen molar-refractivity contribution in [3.63, 3.8) is 0 Å². The van der Waals surface area contributed by atoms with Gasteiger partial charge in [-0.25, -0.2) is 0 Å². The Morgan fingerprint density at radius 2 is 1.15 bits per heavy atom. The smallest absolute Gasteiger partial charge is 0.171 e. The molecule has 0 atom stereocenters. The van der Waals surface area contributed by atoms with Gasteiger partial charge in [0.05, 0.1) is 0 Å². The molecule has 0 aliphatic heterocycles. The zero-order valence-electron chi connectivity index (χ0n) is 9.07. The minimum absolute atomic E-state index is 0.144. The van der Waals surface area contributed by atoms with Gasteiger partial charge in [0.1, 0.15) is 11.8 Å². The lowest BCUT2D eigenvalue weighted by Crippen LogP contribution is -2.45. The van der Waals surface area contributed by atoms with Crippen LogP contribution in [0.3, 0.4) is 0 Å². The molecule has 0 aromatic carbocycles. The van der Waals surface area contributed by atoms with Crippen LogP contribution in [0.2, 0.25) is 6.04 Å². The molecule has 5 heteroatoms. The summed E-state index contributed by atoms with van der Waals surface area (Å²) in [4.78, 5) is 0. The third-order valence-electron chi connectivity index (χ3n) is 2.10. The largest absolute Gasteiger partial charge is 0.360 e. The maximum Gasteiger partial charge on any atom is 0.171 e. The highest BCUT2D eigenvalue weighted by molar-refractivity contribution is 6.60. The van der Waals surface area contributed by atoms with Crippen molar-refractivity contribution in [3.8, 4) is 0 Å². The van der Waals surface area contributed by atoms with E-state index in [0.717, 1.165) is 6.04 Å². The molecule has 13 heavy (non-hydrogen) atoms. The zero-order chi connectivity index (χ0) is 10.3. The van der Waals surface area contributed by atoms with Crippen molar-refractivity contribution in [2.45, 2.75) is 24.8 Å². The Labute approximate surface area is 81.7 Å². The first-order valence-corrected chi connectivity index (χ1v) is 6.51. The van der Waals surface area contributed by atoms with Gasteiger partial charge in [-0.1, -0.05) is 13.0 Å². The maximum absolute atomic E-state index is 5.22. The second-order valence-corrected chi connectivity index (χ2v) is 5.98. The normalized spacial score (nSPS) is 12.0. The summed E-state index contributed by atoms with van der Waals surface area (Å²) < 4.78 is 20.9. The van der Waals surface area contributed by atoms with E-state index in [-0.39, 0.29) is 11.8 Å². The van der Waals surface area contributed by atoms with Crippen LogP contribution < -0.4 is 0 Å². The fourth-order valence-corrected chi connectivity index (χ4v) is 3.83. The quantitative estimate of drug-likeness (QED) is 0.452. The summed E-state index contributed by atoms with van der Waals surface area (Å²) in [6.07, 6.45) is 0. The second kappa shape index (κ2) is 7.46. The van der Waals surface area contributed by atoms with E-state index in [4.69, 9.17) is 18.9 Å². The van der Waals surface area contributed by atoms with Crippen molar-refractivity contribution in [1.82, 2.24) is 0 Å². The fraction of sp³-hybridized carbons (Fsp3) is 1.00. The van der Waals surface area contributed by atoms with Crippen molar-refractivity contribution < 1.29 is 18.9 Å². The van der Waals surface area contributed by atoms with Crippen LogP contribution in [-0.4, -0.2) is 49.1 Å². The van der Waals surface area contributed by atoms with E-state index in [2.05, 4.69) is 6.92 Å². The number of hydrogen-bond donors (Lipinski definition) is 0. The molecule has 0 N–H and O–H groups in total. The predicted molar refractivity (Wildman–Crippen MR) is 53.2 cm³/mol. The molecule has 0 heterocycles. The Bertz CT molecular complexity index is 103. The van der Waals surface area contributed by atoms with Crippen LogP contribution >= 0.6 is 0 Å². The third kappa shape index (κ3) is 3.74. The fourth-order valence-electron chi connectivity index (χ4n) is 1.40. The Hall–Kier alpha value is 0.0569. The van der Waals surface area contributed by atoms with Crippen molar-refractivity contribution >= 4 is 8.80 Å². The molecule has 0 fully saturated rings. The maximum atomic E-state index is 5.22. The van der Waals surface area contributed by atoms with E-state index in [1.165, 1.54) is 0 Å². The van der Waals surface area contributed by atoms with Gasteiger partial charge in [0.25, 0.3) is 0 Å². The molecule has 0 aromatic rings. The van der Waals surface area contributed by atoms with Crippen LogP contribution in [0, 0.1) is 0 Å². The molecule has 0 saturated carbocycles. The summed E-state index contributed by atoms with van der Waals surface area (Å²) in [5.74, 6) is -0.287. The molecule has 0 aliphatic rings. The highest BCUT2D eigenvalue weighted by Crippen LogP contribution is 2.10. The van der Waals surface area contributed by atoms with Crippen LogP contribution in [0.25, 0.3) is 0 Å². The van der Waals surface area contributed by atoms with E-state index in [1.807, 2.05) is 0 Å². The van der Waals surface area contributed by atoms with E-state index in [0.29, 0.717) is 0 Å². The number of hydrogen-bond acceptors (Lipinski definition) is 4. The summed E-state index contributed by atoms with van der Waals surface area (Å²) in [7, 11) is 5.25. The molecule has 0 amide bonds. The number of rotatable bonds is 7. The SMILES string of the molecule is CC[SiH](C(OC)OC)C(OC)OC. The summed E-state index contributed by atoms with van der Waals surface area (Å²) in [6.45, 7) is 2.10. The van der Waals surface area contributed by atoms with Crippen LogP contribution in [0.15, 0.2) is 0 Å². The summed E-state index contributed by atoms with van der Waals surface area (Å²) in [5, 5.41) is 0. The van der Waals surface area contributed by atoms with Gasteiger partial charge in [0.15, 0.2) is 8.80 Å². The van der Waals surface area contributed by atoms with Gasteiger partial charge in [0, 0.05) is 28.4 Å². The lowest BCUT2D eigenvalue weighted by Gasteiger charge is -2.27. The number of ether oxygens (including phenoxy) is 4. The van der Waals surface area contributed by atoms with Gasteiger partial charge < -0.3 is 18.9 Å². The Kier molecular flexibility index (Phi) is 7.49. The Morgan fingerprint density at radius 3 is 1.31 bits per heavy atom. The minimum atomic E-state index is -1.33. The molecule has 0 rings (SSSR count). The number of methoxy groups -OCH3 is 4. The molecule has 0 spiro atoms. The van der Waals surface area contributed by atoms with Gasteiger partial charge >= 0.3 is 0 Å². The average Bonchev–Trinajstić information content (AvgIpc) is 2.18. The minimum Gasteiger partial charge on any atom is -0.360 e. The highest BCUT2D eigenvalue weighted by Gasteiger charge is 2.30. The van der Waals surface area contributed by atoms with Crippen LogP contribution in [0.5, 0.6) is 0 Å². The first kappa shape index (κ1) is 13.1. The van der Waals surface area contributed by atoms with Gasteiger partial charge in [0.2, 0.25) is 0 Å². The van der Waals surface area contributed by atoms with E-state index < -0.39 is 8.80 Å². The molecular formula is C8H20O4Si. The molecular weight excluding hydrogens is 188 g/mol. The molecule has 0 saturated heterocycles. The summed E-state index contributed by atoms with van der Waals surface area (Å²) >= 11 is 0. The molecule has 0 unspecified atom stereocenters.